The fourth-order valence-electron chi connectivity index (χ4n) is 7.18. The number of nitrogens with zero attached hydrogens (tertiary/aromatic N) is 3. The van der Waals surface area contributed by atoms with Crippen molar-refractivity contribution in [2.45, 2.75) is 50.1 Å². The van der Waals surface area contributed by atoms with Crippen molar-refractivity contribution < 1.29 is 14.4 Å². The van der Waals surface area contributed by atoms with Crippen LogP contribution in [0.3, 0.4) is 0 Å². The predicted molar refractivity (Wildman–Crippen MR) is 122 cm³/mol. The maximum Gasteiger partial charge on any atom is 0.250 e. The first-order valence-corrected chi connectivity index (χ1v) is 12.5. The van der Waals surface area contributed by atoms with E-state index in [4.69, 9.17) is 0 Å². The predicted octanol–water partition coefficient (Wildman–Crippen LogP) is 2.93. The van der Waals surface area contributed by atoms with E-state index in [1.807, 2.05) is 24.3 Å². The van der Waals surface area contributed by atoms with Crippen LogP contribution in [0.15, 0.2) is 24.3 Å². The van der Waals surface area contributed by atoms with Crippen molar-refractivity contribution in [3.05, 3.63) is 45.8 Å². The Balaban J connectivity index is 1.42. The molecule has 1 aromatic heterocycles. The van der Waals surface area contributed by atoms with E-state index >= 15 is 0 Å². The number of nitriles is 1. The number of fused-ring (bicyclic) bond motifs is 8. The number of rotatable bonds is 1. The number of carbonyl (C=O) groups excluding carboxylic acids is 3. The summed E-state index contributed by atoms with van der Waals surface area (Å²) in [6.45, 7) is 0.691. The zero-order chi connectivity index (χ0) is 22.5. The van der Waals surface area contributed by atoms with E-state index in [9.17, 15) is 19.6 Å². The average molecular weight is 459 g/mol. The topological polar surface area (TPSA) is 93.5 Å². The van der Waals surface area contributed by atoms with E-state index in [1.54, 1.807) is 0 Å². The average Bonchev–Trinajstić information content (AvgIpc) is 3.58. The molecule has 1 aromatic carbocycles. The number of benzene rings is 1. The Hall–Kier alpha value is -3.02. The van der Waals surface area contributed by atoms with Gasteiger partial charge in [-0.1, -0.05) is 18.2 Å². The van der Waals surface area contributed by atoms with Crippen LogP contribution in [0.25, 0.3) is 0 Å². The van der Waals surface area contributed by atoms with Crippen LogP contribution in [0.4, 0.5) is 10.7 Å². The largest absolute Gasteiger partial charge is 0.324 e. The van der Waals surface area contributed by atoms with Gasteiger partial charge in [0, 0.05) is 22.2 Å². The standard InChI is InChI=1S/C25H22N4O3S/c26-12-14-13-6-1-4-10-18(13)33-23(14)29-21(30)19-17-9-5-11-28(17)25(20(19)22(29)31)15-7-2-3-8-16(15)27-24(25)32/h2-3,7-8,17,19-20H,1,4-6,9-11H2,(H,27,32)/t17-,19+,20+,25-/m0/s1. The van der Waals surface area contributed by atoms with Crippen molar-refractivity contribution in [1.29, 1.82) is 5.26 Å². The van der Waals surface area contributed by atoms with Crippen LogP contribution in [0, 0.1) is 23.2 Å². The van der Waals surface area contributed by atoms with E-state index in [0.29, 0.717) is 17.1 Å². The van der Waals surface area contributed by atoms with E-state index in [0.717, 1.165) is 60.2 Å². The van der Waals surface area contributed by atoms with Gasteiger partial charge in [0.1, 0.15) is 16.6 Å². The summed E-state index contributed by atoms with van der Waals surface area (Å²) in [6, 6.07) is 9.68. The summed E-state index contributed by atoms with van der Waals surface area (Å²) >= 11 is 1.42. The molecule has 4 aliphatic heterocycles. The Morgan fingerprint density at radius 2 is 1.91 bits per heavy atom. The van der Waals surface area contributed by atoms with Gasteiger partial charge in [0.05, 0.1) is 17.4 Å². The first kappa shape index (κ1) is 19.4. The molecular weight excluding hydrogens is 436 g/mol. The minimum Gasteiger partial charge on any atom is -0.324 e. The lowest BCUT2D eigenvalue weighted by Gasteiger charge is -2.36. The van der Waals surface area contributed by atoms with E-state index in [1.165, 1.54) is 16.2 Å². The summed E-state index contributed by atoms with van der Waals surface area (Å²) in [5.41, 5.74) is 1.83. The molecule has 0 radical (unpaired) electrons. The summed E-state index contributed by atoms with van der Waals surface area (Å²) in [6.07, 6.45) is 5.45. The number of thiophene rings is 1. The fourth-order valence-corrected chi connectivity index (χ4v) is 8.53. The lowest BCUT2D eigenvalue weighted by Crippen LogP contribution is -2.54. The highest BCUT2D eigenvalue weighted by Gasteiger charge is 2.74. The summed E-state index contributed by atoms with van der Waals surface area (Å²) in [7, 11) is 0. The lowest BCUT2D eigenvalue weighted by atomic mass is 9.75. The van der Waals surface area contributed by atoms with Gasteiger partial charge >= 0.3 is 0 Å². The Labute approximate surface area is 195 Å². The maximum atomic E-state index is 14.1. The van der Waals surface area contributed by atoms with Crippen LogP contribution in [0.1, 0.15) is 47.3 Å². The van der Waals surface area contributed by atoms with Gasteiger partial charge in [-0.15, -0.1) is 11.3 Å². The molecule has 4 atom stereocenters. The monoisotopic (exact) mass is 458 g/mol. The van der Waals surface area contributed by atoms with Crippen LogP contribution in [-0.4, -0.2) is 35.2 Å². The zero-order valence-corrected chi connectivity index (χ0v) is 18.8. The van der Waals surface area contributed by atoms with Gasteiger partial charge in [0.2, 0.25) is 17.7 Å². The smallest absolute Gasteiger partial charge is 0.250 e. The highest BCUT2D eigenvalue weighted by Crippen LogP contribution is 2.61. The number of nitrogens with one attached hydrogen (secondary N) is 1. The minimum atomic E-state index is -1.16. The zero-order valence-electron chi connectivity index (χ0n) is 18.0. The van der Waals surface area contributed by atoms with Crippen molar-refractivity contribution >= 4 is 39.7 Å². The van der Waals surface area contributed by atoms with E-state index in [-0.39, 0.29) is 23.8 Å². The van der Waals surface area contributed by atoms with Crippen molar-refractivity contribution in [3.63, 3.8) is 0 Å². The number of hydrogen-bond donors (Lipinski definition) is 1. The molecule has 8 heteroatoms. The Morgan fingerprint density at radius 1 is 1.09 bits per heavy atom. The quantitative estimate of drug-likeness (QED) is 0.664. The van der Waals surface area contributed by atoms with Crippen LogP contribution in [0.5, 0.6) is 0 Å². The number of carbonyl (C=O) groups is 3. The first-order valence-electron chi connectivity index (χ1n) is 11.7. The van der Waals surface area contributed by atoms with Crippen LogP contribution in [0.2, 0.25) is 0 Å². The Kier molecular flexibility index (Phi) is 3.84. The van der Waals surface area contributed by atoms with Crippen LogP contribution in [-0.2, 0) is 32.8 Å². The highest BCUT2D eigenvalue weighted by atomic mass is 32.1. The molecule has 7 rings (SSSR count). The van der Waals surface area contributed by atoms with Crippen LogP contribution < -0.4 is 10.2 Å². The molecule has 3 saturated heterocycles. The summed E-state index contributed by atoms with van der Waals surface area (Å²) in [5, 5.41) is 13.4. The van der Waals surface area contributed by atoms with E-state index < -0.39 is 17.4 Å². The molecule has 166 valence electrons. The number of hydrogen-bond acceptors (Lipinski definition) is 6. The molecule has 0 unspecified atom stereocenters. The van der Waals surface area contributed by atoms with Crippen LogP contribution >= 0.6 is 11.3 Å². The van der Waals surface area contributed by atoms with Crippen molar-refractivity contribution in [2.24, 2.45) is 11.8 Å². The van der Waals surface area contributed by atoms with Crippen molar-refractivity contribution in [2.75, 3.05) is 16.8 Å². The molecule has 3 fully saturated rings. The van der Waals surface area contributed by atoms with Gasteiger partial charge in [-0.25, -0.2) is 4.90 Å². The molecule has 3 amide bonds. The third-order valence-electron chi connectivity index (χ3n) is 8.37. The fraction of sp³-hybridized carbons (Fsp3) is 0.440. The van der Waals surface area contributed by atoms with Gasteiger partial charge in [-0.3, -0.25) is 19.3 Å². The number of imide groups is 1. The SMILES string of the molecule is N#Cc1c(N2C(=O)[C@@H]3[C@@H]4CCCN4[C@]4(C(=O)Nc5ccccc54)[C@H]3C2=O)sc2c1CCCC2. The third-order valence-corrected chi connectivity index (χ3v) is 9.64. The maximum absolute atomic E-state index is 14.1. The number of amides is 3. The van der Waals surface area contributed by atoms with Gasteiger partial charge in [-0.2, -0.15) is 5.26 Å². The van der Waals surface area contributed by atoms with Crippen molar-refractivity contribution in [3.8, 4) is 6.07 Å². The lowest BCUT2D eigenvalue weighted by molar-refractivity contribution is -0.135. The second-order valence-electron chi connectivity index (χ2n) is 9.69. The van der Waals surface area contributed by atoms with E-state index in [2.05, 4.69) is 16.3 Å². The van der Waals surface area contributed by atoms with Gasteiger partial charge in [0.25, 0.3) is 0 Å². The number of anilines is 2. The summed E-state index contributed by atoms with van der Waals surface area (Å²) < 4.78 is 0. The molecule has 0 bridgehead atoms. The van der Waals surface area contributed by atoms with Gasteiger partial charge in [0.15, 0.2) is 0 Å². The normalized spacial score (nSPS) is 32.0. The Bertz CT molecular complexity index is 1310. The molecule has 2 aromatic rings. The van der Waals surface area contributed by atoms with Gasteiger partial charge in [-0.05, 0) is 56.7 Å². The molecule has 5 aliphatic rings. The molecule has 33 heavy (non-hydrogen) atoms. The molecular formula is C25H22N4O3S. The third kappa shape index (κ3) is 2.15. The molecule has 7 nitrogen and oxygen atoms in total. The number of aryl methyl sites for hydroxylation is 1. The van der Waals surface area contributed by atoms with Crippen molar-refractivity contribution in [1.82, 2.24) is 4.90 Å². The summed E-state index contributed by atoms with van der Waals surface area (Å²) in [4.78, 5) is 46.2. The second kappa shape index (κ2) is 6.52. The van der Waals surface area contributed by atoms with Gasteiger partial charge < -0.3 is 5.32 Å². The number of para-hydroxylation sites is 1. The molecule has 1 aliphatic carbocycles. The summed E-state index contributed by atoms with van der Waals surface area (Å²) in [5.74, 6) is -2.13. The second-order valence-corrected chi connectivity index (χ2v) is 10.8. The molecule has 1 spiro atoms. The molecule has 1 N–H and O–H groups in total. The highest BCUT2D eigenvalue weighted by molar-refractivity contribution is 7.17. The minimum absolute atomic E-state index is 0.145. The molecule has 0 saturated carbocycles. The Morgan fingerprint density at radius 3 is 2.76 bits per heavy atom. The first-order chi connectivity index (χ1) is 16.1. The molecule has 5 heterocycles.